The van der Waals surface area contributed by atoms with E-state index < -0.39 is 6.04 Å². The average molecular weight is 260 g/mol. The fraction of sp³-hybridized carbons (Fsp3) is 0.562. The fourth-order valence-electron chi connectivity index (χ4n) is 2.78. The van der Waals surface area contributed by atoms with Crippen molar-refractivity contribution < 1.29 is 4.79 Å². The number of nitrogens with two attached hydrogens (primary N) is 1. The zero-order valence-electron chi connectivity index (χ0n) is 11.9. The van der Waals surface area contributed by atoms with Crippen LogP contribution in [-0.2, 0) is 4.79 Å². The van der Waals surface area contributed by atoms with Crippen molar-refractivity contribution in [2.45, 2.75) is 51.1 Å². The number of benzene rings is 1. The molecule has 104 valence electrons. The first kappa shape index (κ1) is 14.1. The number of hydrogen-bond donors (Lipinski definition) is 1. The van der Waals surface area contributed by atoms with Crippen LogP contribution >= 0.6 is 0 Å². The van der Waals surface area contributed by atoms with E-state index in [-0.39, 0.29) is 5.91 Å². The number of nitrogens with zero attached hydrogens (tertiary/aromatic N) is 1. The molecule has 0 aromatic heterocycles. The van der Waals surface area contributed by atoms with Gasteiger partial charge >= 0.3 is 0 Å². The Balaban J connectivity index is 2.03. The summed E-state index contributed by atoms with van der Waals surface area (Å²) in [5.41, 5.74) is 8.19. The lowest BCUT2D eigenvalue weighted by Crippen LogP contribution is -2.43. The zero-order chi connectivity index (χ0) is 13.8. The minimum Gasteiger partial charge on any atom is -0.341 e. The molecule has 3 heteroatoms. The number of aryl methyl sites for hydroxylation is 1. The molecule has 1 saturated carbocycles. The van der Waals surface area contributed by atoms with E-state index >= 15 is 0 Å². The maximum absolute atomic E-state index is 12.4. The van der Waals surface area contributed by atoms with E-state index in [2.05, 4.69) is 0 Å². The van der Waals surface area contributed by atoms with Gasteiger partial charge in [-0.3, -0.25) is 4.79 Å². The van der Waals surface area contributed by atoms with Crippen LogP contribution in [0.15, 0.2) is 24.3 Å². The summed E-state index contributed by atoms with van der Waals surface area (Å²) in [6, 6.07) is 7.75. The molecule has 1 amide bonds. The van der Waals surface area contributed by atoms with Gasteiger partial charge in [-0.05, 0) is 25.3 Å². The van der Waals surface area contributed by atoms with Crippen molar-refractivity contribution in [3.8, 4) is 0 Å². The van der Waals surface area contributed by atoms with Crippen molar-refractivity contribution in [2.75, 3.05) is 7.05 Å². The minimum atomic E-state index is -0.535. The molecule has 1 aromatic carbocycles. The molecule has 3 nitrogen and oxygen atoms in total. The molecule has 2 N–H and O–H groups in total. The topological polar surface area (TPSA) is 46.3 Å². The number of rotatable bonds is 3. The number of likely N-dealkylation sites (N-methyl/N-ethyl adjacent to an activating group) is 1. The highest BCUT2D eigenvalue weighted by Gasteiger charge is 2.26. The molecule has 0 aliphatic heterocycles. The van der Waals surface area contributed by atoms with Crippen molar-refractivity contribution in [3.63, 3.8) is 0 Å². The van der Waals surface area contributed by atoms with E-state index in [0.29, 0.717) is 6.04 Å². The lowest BCUT2D eigenvalue weighted by Gasteiger charge is -2.33. The molecule has 1 atom stereocenters. The van der Waals surface area contributed by atoms with Crippen molar-refractivity contribution in [2.24, 2.45) is 5.73 Å². The third-order valence-corrected chi connectivity index (χ3v) is 4.17. The number of amides is 1. The molecule has 0 heterocycles. The van der Waals surface area contributed by atoms with E-state index in [1.54, 1.807) is 0 Å². The van der Waals surface area contributed by atoms with Gasteiger partial charge in [0.1, 0.15) is 6.04 Å². The summed E-state index contributed by atoms with van der Waals surface area (Å²) in [4.78, 5) is 14.3. The quantitative estimate of drug-likeness (QED) is 0.908. The summed E-state index contributed by atoms with van der Waals surface area (Å²) >= 11 is 0. The van der Waals surface area contributed by atoms with Gasteiger partial charge < -0.3 is 10.6 Å². The Morgan fingerprint density at radius 2 is 1.79 bits per heavy atom. The second-order valence-electron chi connectivity index (χ2n) is 5.63. The van der Waals surface area contributed by atoms with Crippen LogP contribution in [0.25, 0.3) is 0 Å². The van der Waals surface area contributed by atoms with Gasteiger partial charge in [-0.1, -0.05) is 49.1 Å². The van der Waals surface area contributed by atoms with Crippen LogP contribution in [0.1, 0.15) is 49.3 Å². The Bertz CT molecular complexity index is 421. The summed E-state index contributed by atoms with van der Waals surface area (Å²) < 4.78 is 0. The second kappa shape index (κ2) is 6.20. The van der Waals surface area contributed by atoms with E-state index in [0.717, 1.165) is 18.4 Å². The first-order valence-corrected chi connectivity index (χ1v) is 7.18. The fourth-order valence-corrected chi connectivity index (χ4v) is 2.78. The Kier molecular flexibility index (Phi) is 4.59. The SMILES string of the molecule is Cc1ccc(C(N)C(=O)N(C)C2CCCCC2)cc1. The smallest absolute Gasteiger partial charge is 0.244 e. The third kappa shape index (κ3) is 3.35. The highest BCUT2D eigenvalue weighted by atomic mass is 16.2. The highest BCUT2D eigenvalue weighted by molar-refractivity contribution is 5.83. The van der Waals surface area contributed by atoms with E-state index in [1.807, 2.05) is 43.1 Å². The lowest BCUT2D eigenvalue weighted by molar-refractivity contribution is -0.134. The molecule has 1 aromatic rings. The van der Waals surface area contributed by atoms with E-state index in [1.165, 1.54) is 24.8 Å². The van der Waals surface area contributed by atoms with Crippen molar-refractivity contribution in [1.82, 2.24) is 4.90 Å². The molecule has 0 saturated heterocycles. The molecule has 19 heavy (non-hydrogen) atoms. The van der Waals surface area contributed by atoms with Crippen LogP contribution in [0.4, 0.5) is 0 Å². The standard InChI is InChI=1S/C16H24N2O/c1-12-8-10-13(11-9-12)15(17)16(19)18(2)14-6-4-3-5-7-14/h8-11,14-15H,3-7,17H2,1-2H3. The highest BCUT2D eigenvalue weighted by Crippen LogP contribution is 2.24. The first-order valence-electron chi connectivity index (χ1n) is 7.18. The van der Waals surface area contributed by atoms with Gasteiger partial charge in [0, 0.05) is 13.1 Å². The molecule has 1 aliphatic rings. The molecule has 2 rings (SSSR count). The maximum Gasteiger partial charge on any atom is 0.244 e. The Morgan fingerprint density at radius 3 is 2.37 bits per heavy atom. The van der Waals surface area contributed by atoms with Gasteiger partial charge in [0.2, 0.25) is 5.91 Å². The number of carbonyl (C=O) groups excluding carboxylic acids is 1. The predicted molar refractivity (Wildman–Crippen MR) is 77.8 cm³/mol. The predicted octanol–water partition coefficient (Wildman–Crippen LogP) is 2.79. The molecule has 1 unspecified atom stereocenters. The molecular formula is C16H24N2O. The molecular weight excluding hydrogens is 236 g/mol. The van der Waals surface area contributed by atoms with E-state index in [9.17, 15) is 4.79 Å². The molecule has 0 bridgehead atoms. The van der Waals surface area contributed by atoms with Crippen molar-refractivity contribution >= 4 is 5.91 Å². The van der Waals surface area contributed by atoms with Gasteiger partial charge in [0.15, 0.2) is 0 Å². The van der Waals surface area contributed by atoms with Crippen LogP contribution in [0, 0.1) is 6.92 Å². The Hall–Kier alpha value is -1.35. The number of hydrogen-bond acceptors (Lipinski definition) is 2. The average Bonchev–Trinajstić information content (AvgIpc) is 2.46. The number of carbonyl (C=O) groups is 1. The summed E-state index contributed by atoms with van der Waals surface area (Å²) in [6.07, 6.45) is 5.97. The van der Waals surface area contributed by atoms with Crippen LogP contribution in [0.2, 0.25) is 0 Å². The largest absolute Gasteiger partial charge is 0.341 e. The maximum atomic E-state index is 12.4. The molecule has 0 radical (unpaired) electrons. The monoisotopic (exact) mass is 260 g/mol. The lowest BCUT2D eigenvalue weighted by atomic mass is 9.93. The summed E-state index contributed by atoms with van der Waals surface area (Å²) in [5.74, 6) is 0.0377. The minimum absolute atomic E-state index is 0.0377. The summed E-state index contributed by atoms with van der Waals surface area (Å²) in [5, 5.41) is 0. The van der Waals surface area contributed by atoms with Gasteiger partial charge in [-0.2, -0.15) is 0 Å². The van der Waals surface area contributed by atoms with Crippen LogP contribution < -0.4 is 5.73 Å². The summed E-state index contributed by atoms with van der Waals surface area (Å²) in [6.45, 7) is 2.03. The molecule has 0 spiro atoms. The van der Waals surface area contributed by atoms with Crippen molar-refractivity contribution in [3.05, 3.63) is 35.4 Å². The second-order valence-corrected chi connectivity index (χ2v) is 5.63. The van der Waals surface area contributed by atoms with Gasteiger partial charge in [0.05, 0.1) is 0 Å². The Labute approximate surface area is 115 Å². The van der Waals surface area contributed by atoms with E-state index in [4.69, 9.17) is 5.73 Å². The van der Waals surface area contributed by atoms with Crippen LogP contribution in [0.3, 0.4) is 0 Å². The molecule has 1 fully saturated rings. The first-order chi connectivity index (χ1) is 9.09. The molecule has 1 aliphatic carbocycles. The van der Waals surface area contributed by atoms with Gasteiger partial charge in [0.25, 0.3) is 0 Å². The Morgan fingerprint density at radius 1 is 1.21 bits per heavy atom. The van der Waals surface area contributed by atoms with Crippen LogP contribution in [-0.4, -0.2) is 23.9 Å². The normalized spacial score (nSPS) is 18.1. The van der Waals surface area contributed by atoms with Gasteiger partial charge in [-0.25, -0.2) is 0 Å². The summed E-state index contributed by atoms with van der Waals surface area (Å²) in [7, 11) is 1.90. The third-order valence-electron chi connectivity index (χ3n) is 4.17. The van der Waals surface area contributed by atoms with Crippen molar-refractivity contribution in [1.29, 1.82) is 0 Å². The van der Waals surface area contributed by atoms with Gasteiger partial charge in [-0.15, -0.1) is 0 Å². The zero-order valence-corrected chi connectivity index (χ0v) is 11.9. The van der Waals surface area contributed by atoms with Crippen LogP contribution in [0.5, 0.6) is 0 Å².